The summed E-state index contributed by atoms with van der Waals surface area (Å²) in [5.74, 6) is -2.15. The molecule has 1 heterocycles. The van der Waals surface area contributed by atoms with Crippen LogP contribution in [0.2, 0.25) is 0 Å². The quantitative estimate of drug-likeness (QED) is 0.729. The van der Waals surface area contributed by atoms with Crippen molar-refractivity contribution in [1.82, 2.24) is 15.1 Å². The molecule has 1 N–H and O–H groups in total. The number of carbonyl (C=O) groups excluding carboxylic acids is 1. The normalized spacial score (nSPS) is 14.0. The van der Waals surface area contributed by atoms with E-state index >= 15 is 0 Å². The molecule has 2 aromatic carbocycles. The van der Waals surface area contributed by atoms with E-state index in [1.807, 2.05) is 0 Å². The summed E-state index contributed by atoms with van der Waals surface area (Å²) >= 11 is 0. The first-order valence-electron chi connectivity index (χ1n) is 9.06. The summed E-state index contributed by atoms with van der Waals surface area (Å²) < 4.78 is 42.0. The summed E-state index contributed by atoms with van der Waals surface area (Å²) in [5, 5.41) is 7.18. The van der Waals surface area contributed by atoms with Gasteiger partial charge >= 0.3 is 0 Å². The molecule has 7 heteroatoms. The number of carbonyl (C=O) groups is 1. The Morgan fingerprint density at radius 1 is 1.07 bits per heavy atom. The van der Waals surface area contributed by atoms with Crippen molar-refractivity contribution in [3.8, 4) is 5.69 Å². The van der Waals surface area contributed by atoms with Gasteiger partial charge in [0.2, 0.25) is 0 Å². The van der Waals surface area contributed by atoms with Crippen LogP contribution < -0.4 is 5.32 Å². The van der Waals surface area contributed by atoms with Crippen molar-refractivity contribution in [2.45, 2.75) is 32.2 Å². The van der Waals surface area contributed by atoms with Crippen molar-refractivity contribution in [3.05, 3.63) is 82.4 Å². The van der Waals surface area contributed by atoms with Crippen LogP contribution in [0.4, 0.5) is 13.2 Å². The van der Waals surface area contributed by atoms with Gasteiger partial charge in [-0.1, -0.05) is 6.07 Å². The maximum Gasteiger partial charge on any atom is 0.272 e. The van der Waals surface area contributed by atoms with E-state index in [0.717, 1.165) is 42.7 Å². The zero-order valence-corrected chi connectivity index (χ0v) is 15.2. The molecule has 4 rings (SSSR count). The topological polar surface area (TPSA) is 46.9 Å². The van der Waals surface area contributed by atoms with Crippen molar-refractivity contribution in [1.29, 1.82) is 0 Å². The Morgan fingerprint density at radius 3 is 2.50 bits per heavy atom. The zero-order chi connectivity index (χ0) is 19.8. The van der Waals surface area contributed by atoms with E-state index in [-0.39, 0.29) is 17.1 Å². The average Bonchev–Trinajstić information content (AvgIpc) is 3.25. The molecular weight excluding hydrogens is 367 g/mol. The molecule has 1 atom stereocenters. The highest BCUT2D eigenvalue weighted by molar-refractivity contribution is 5.94. The molecule has 1 aromatic heterocycles. The van der Waals surface area contributed by atoms with E-state index in [4.69, 9.17) is 0 Å². The first kappa shape index (κ1) is 18.3. The van der Waals surface area contributed by atoms with Gasteiger partial charge in [0.1, 0.15) is 17.5 Å². The lowest BCUT2D eigenvalue weighted by atomic mass is 10.1. The van der Waals surface area contributed by atoms with Gasteiger partial charge in [-0.3, -0.25) is 4.79 Å². The van der Waals surface area contributed by atoms with Crippen LogP contribution in [0.5, 0.6) is 0 Å². The number of nitrogens with zero attached hydrogens (tertiary/aromatic N) is 2. The SMILES string of the molecule is C[C@H](NC(=O)c1nn(-c2ccc(F)cc2)c2c1CCC2)c1ccc(F)cc1F. The summed E-state index contributed by atoms with van der Waals surface area (Å²) in [6.45, 7) is 1.63. The Labute approximate surface area is 160 Å². The minimum atomic E-state index is -0.713. The molecule has 28 heavy (non-hydrogen) atoms. The molecule has 4 nitrogen and oxygen atoms in total. The fourth-order valence-corrected chi connectivity index (χ4v) is 3.61. The molecule has 0 bridgehead atoms. The molecule has 0 saturated carbocycles. The molecule has 1 aliphatic carbocycles. The molecule has 1 aliphatic rings. The summed E-state index contributed by atoms with van der Waals surface area (Å²) in [6, 6.07) is 8.52. The average molecular weight is 385 g/mol. The van der Waals surface area contributed by atoms with Crippen molar-refractivity contribution < 1.29 is 18.0 Å². The first-order chi connectivity index (χ1) is 13.4. The number of fused-ring (bicyclic) bond motifs is 1. The van der Waals surface area contributed by atoms with Crippen LogP contribution >= 0.6 is 0 Å². The van der Waals surface area contributed by atoms with Gasteiger partial charge in [0.25, 0.3) is 5.91 Å². The Kier molecular flexibility index (Phi) is 4.66. The third-order valence-corrected chi connectivity index (χ3v) is 4.99. The molecule has 0 fully saturated rings. The molecular formula is C21H18F3N3O. The highest BCUT2D eigenvalue weighted by Gasteiger charge is 2.28. The number of hydrogen-bond acceptors (Lipinski definition) is 2. The summed E-state index contributed by atoms with van der Waals surface area (Å²) in [4.78, 5) is 12.8. The van der Waals surface area contributed by atoms with E-state index in [2.05, 4.69) is 10.4 Å². The van der Waals surface area contributed by atoms with Crippen LogP contribution in [-0.2, 0) is 12.8 Å². The fraction of sp³-hybridized carbons (Fsp3) is 0.238. The Balaban J connectivity index is 1.63. The van der Waals surface area contributed by atoms with E-state index in [9.17, 15) is 18.0 Å². The lowest BCUT2D eigenvalue weighted by Crippen LogP contribution is -2.28. The van der Waals surface area contributed by atoms with Gasteiger partial charge < -0.3 is 5.32 Å². The Bertz CT molecular complexity index is 1040. The van der Waals surface area contributed by atoms with Crippen LogP contribution in [-0.4, -0.2) is 15.7 Å². The van der Waals surface area contributed by atoms with Gasteiger partial charge in [0.15, 0.2) is 5.69 Å². The zero-order valence-electron chi connectivity index (χ0n) is 15.2. The molecule has 0 radical (unpaired) electrons. The molecule has 1 amide bonds. The number of rotatable bonds is 4. The third-order valence-electron chi connectivity index (χ3n) is 4.99. The van der Waals surface area contributed by atoms with Crippen LogP contribution in [0.25, 0.3) is 5.69 Å². The van der Waals surface area contributed by atoms with Gasteiger partial charge in [-0.2, -0.15) is 5.10 Å². The van der Waals surface area contributed by atoms with Crippen molar-refractivity contribution in [3.63, 3.8) is 0 Å². The van der Waals surface area contributed by atoms with E-state index in [1.165, 1.54) is 18.2 Å². The minimum Gasteiger partial charge on any atom is -0.344 e. The highest BCUT2D eigenvalue weighted by Crippen LogP contribution is 2.28. The smallest absolute Gasteiger partial charge is 0.272 e. The van der Waals surface area contributed by atoms with Gasteiger partial charge in [0, 0.05) is 22.9 Å². The lowest BCUT2D eigenvalue weighted by molar-refractivity contribution is 0.0933. The minimum absolute atomic E-state index is 0.198. The maximum atomic E-state index is 14.0. The second-order valence-corrected chi connectivity index (χ2v) is 6.88. The van der Waals surface area contributed by atoms with E-state index in [0.29, 0.717) is 5.69 Å². The molecule has 0 unspecified atom stereocenters. The van der Waals surface area contributed by atoms with Gasteiger partial charge in [-0.05, 0) is 56.5 Å². The van der Waals surface area contributed by atoms with Crippen LogP contribution in [0.3, 0.4) is 0 Å². The highest BCUT2D eigenvalue weighted by atomic mass is 19.1. The van der Waals surface area contributed by atoms with E-state index in [1.54, 1.807) is 23.7 Å². The summed E-state index contributed by atoms with van der Waals surface area (Å²) in [6.07, 6.45) is 2.39. The number of halogens is 3. The Hall–Kier alpha value is -3.09. The molecule has 0 saturated heterocycles. The first-order valence-corrected chi connectivity index (χ1v) is 9.06. The maximum absolute atomic E-state index is 14.0. The fourth-order valence-electron chi connectivity index (χ4n) is 3.61. The van der Waals surface area contributed by atoms with Gasteiger partial charge in [-0.25, -0.2) is 17.9 Å². The summed E-state index contributed by atoms with van der Waals surface area (Å²) in [5.41, 5.74) is 2.94. The molecule has 3 aromatic rings. The van der Waals surface area contributed by atoms with Crippen molar-refractivity contribution >= 4 is 5.91 Å². The molecule has 144 valence electrons. The number of hydrogen-bond donors (Lipinski definition) is 1. The van der Waals surface area contributed by atoms with Crippen LogP contribution in [0, 0.1) is 17.5 Å². The van der Waals surface area contributed by atoms with Crippen molar-refractivity contribution in [2.75, 3.05) is 0 Å². The number of benzene rings is 2. The van der Waals surface area contributed by atoms with Crippen LogP contribution in [0.15, 0.2) is 42.5 Å². The standard InChI is InChI=1S/C21H18F3N3O/c1-12(16-10-7-14(23)11-18(16)24)25-21(28)20-17-3-2-4-19(17)27(26-20)15-8-5-13(22)6-9-15/h5-12H,2-4H2,1H3,(H,25,28)/t12-/m0/s1. The molecule has 0 spiro atoms. The van der Waals surface area contributed by atoms with E-state index < -0.39 is 23.6 Å². The second kappa shape index (κ2) is 7.14. The Morgan fingerprint density at radius 2 is 1.79 bits per heavy atom. The largest absolute Gasteiger partial charge is 0.344 e. The molecule has 0 aliphatic heterocycles. The second-order valence-electron chi connectivity index (χ2n) is 6.88. The predicted molar refractivity (Wildman–Crippen MR) is 97.8 cm³/mol. The number of amides is 1. The lowest BCUT2D eigenvalue weighted by Gasteiger charge is -2.14. The van der Waals surface area contributed by atoms with Gasteiger partial charge in [0.05, 0.1) is 11.7 Å². The number of nitrogens with one attached hydrogen (secondary N) is 1. The van der Waals surface area contributed by atoms with Crippen LogP contribution in [0.1, 0.15) is 46.7 Å². The number of aromatic nitrogens is 2. The summed E-state index contributed by atoms with van der Waals surface area (Å²) in [7, 11) is 0. The van der Waals surface area contributed by atoms with Gasteiger partial charge in [-0.15, -0.1) is 0 Å². The third kappa shape index (κ3) is 3.28. The predicted octanol–water partition coefficient (Wildman–Crippen LogP) is 4.27. The monoisotopic (exact) mass is 385 g/mol. The van der Waals surface area contributed by atoms with Crippen molar-refractivity contribution in [2.24, 2.45) is 0 Å².